The first-order valence-electron chi connectivity index (χ1n) is 8.61. The highest BCUT2D eigenvalue weighted by molar-refractivity contribution is 6.03. The molecular formula is C20H25ClFN3O2. The minimum absolute atomic E-state index is 0. The average molecular weight is 394 g/mol. The molecule has 2 amide bonds. The lowest BCUT2D eigenvalue weighted by atomic mass is 9.97. The molecule has 0 radical (unpaired) electrons. The molecule has 0 aliphatic rings. The summed E-state index contributed by atoms with van der Waals surface area (Å²) in [5, 5.41) is 5.48. The van der Waals surface area contributed by atoms with Gasteiger partial charge in [-0.2, -0.15) is 0 Å². The summed E-state index contributed by atoms with van der Waals surface area (Å²) in [6, 6.07) is 13.2. The predicted octanol–water partition coefficient (Wildman–Crippen LogP) is 3.14. The zero-order valence-electron chi connectivity index (χ0n) is 15.2. The molecule has 0 bridgehead atoms. The number of nitrogens with one attached hydrogen (secondary N) is 2. The lowest BCUT2D eigenvalue weighted by Gasteiger charge is -2.14. The van der Waals surface area contributed by atoms with Gasteiger partial charge in [0, 0.05) is 19.5 Å². The molecule has 1 atom stereocenters. The third-order valence-corrected chi connectivity index (χ3v) is 3.88. The van der Waals surface area contributed by atoms with Crippen LogP contribution in [-0.4, -0.2) is 24.9 Å². The third-order valence-electron chi connectivity index (χ3n) is 3.88. The number of anilines is 1. The molecule has 2 rings (SSSR count). The van der Waals surface area contributed by atoms with Gasteiger partial charge in [0.1, 0.15) is 5.82 Å². The lowest BCUT2D eigenvalue weighted by Crippen LogP contribution is -2.30. The SMILES string of the molecule is CC(CC(=O)Nc1ccccc1C(=O)NCCN)Cc1cccc(F)c1.Cl. The second-order valence-electron chi connectivity index (χ2n) is 6.28. The van der Waals surface area contributed by atoms with Gasteiger partial charge in [0.15, 0.2) is 0 Å². The van der Waals surface area contributed by atoms with Crippen LogP contribution in [0.1, 0.15) is 29.3 Å². The Bertz CT molecular complexity index is 770. The van der Waals surface area contributed by atoms with Crippen molar-refractivity contribution >= 4 is 29.9 Å². The first kappa shape index (κ1) is 22.6. The van der Waals surface area contributed by atoms with Gasteiger partial charge in [0.2, 0.25) is 5.91 Å². The number of amides is 2. The molecule has 4 N–H and O–H groups in total. The molecule has 7 heteroatoms. The predicted molar refractivity (Wildman–Crippen MR) is 108 cm³/mol. The molecular weight excluding hydrogens is 369 g/mol. The standard InChI is InChI=1S/C20H24FN3O2.ClH/c1-14(11-15-5-4-6-16(21)13-15)12-19(25)24-18-8-3-2-7-17(18)20(26)23-10-9-22;/h2-8,13-14H,9-12,22H2,1H3,(H,23,26)(H,24,25);1H. The van der Waals surface area contributed by atoms with Crippen LogP contribution in [0.3, 0.4) is 0 Å². The van der Waals surface area contributed by atoms with E-state index >= 15 is 0 Å². The van der Waals surface area contributed by atoms with E-state index in [9.17, 15) is 14.0 Å². The van der Waals surface area contributed by atoms with Crippen LogP contribution in [0.15, 0.2) is 48.5 Å². The zero-order chi connectivity index (χ0) is 18.9. The van der Waals surface area contributed by atoms with E-state index in [1.165, 1.54) is 12.1 Å². The molecule has 0 heterocycles. The number of halogens is 2. The fourth-order valence-corrected chi connectivity index (χ4v) is 2.73. The summed E-state index contributed by atoms with van der Waals surface area (Å²) in [5.74, 6) is -0.710. The Labute approximate surface area is 164 Å². The fourth-order valence-electron chi connectivity index (χ4n) is 2.73. The number of carbonyl (C=O) groups excluding carboxylic acids is 2. The van der Waals surface area contributed by atoms with Crippen LogP contribution in [0.2, 0.25) is 0 Å². The maximum atomic E-state index is 13.3. The Morgan fingerprint density at radius 3 is 2.59 bits per heavy atom. The van der Waals surface area contributed by atoms with E-state index < -0.39 is 0 Å². The van der Waals surface area contributed by atoms with Gasteiger partial charge in [-0.25, -0.2) is 4.39 Å². The second kappa shape index (κ2) is 11.3. The number of para-hydroxylation sites is 1. The molecule has 0 aromatic heterocycles. The van der Waals surface area contributed by atoms with Crippen LogP contribution in [-0.2, 0) is 11.2 Å². The lowest BCUT2D eigenvalue weighted by molar-refractivity contribution is -0.116. The third kappa shape index (κ3) is 7.37. The van der Waals surface area contributed by atoms with Gasteiger partial charge in [0.25, 0.3) is 5.91 Å². The number of carbonyl (C=O) groups is 2. The number of rotatable bonds is 8. The Kier molecular flexibility index (Phi) is 9.47. The first-order valence-corrected chi connectivity index (χ1v) is 8.61. The van der Waals surface area contributed by atoms with E-state index in [0.29, 0.717) is 30.8 Å². The van der Waals surface area contributed by atoms with Gasteiger partial charge in [-0.15, -0.1) is 12.4 Å². The molecule has 5 nitrogen and oxygen atoms in total. The van der Waals surface area contributed by atoms with Crippen LogP contribution in [0, 0.1) is 11.7 Å². The van der Waals surface area contributed by atoms with Gasteiger partial charge >= 0.3 is 0 Å². The van der Waals surface area contributed by atoms with E-state index in [4.69, 9.17) is 5.73 Å². The number of nitrogens with two attached hydrogens (primary N) is 1. The van der Waals surface area contributed by atoms with Crippen LogP contribution in [0.25, 0.3) is 0 Å². The van der Waals surface area contributed by atoms with E-state index in [2.05, 4.69) is 10.6 Å². The van der Waals surface area contributed by atoms with Crippen LogP contribution >= 0.6 is 12.4 Å². The Morgan fingerprint density at radius 1 is 1.15 bits per heavy atom. The summed E-state index contributed by atoms with van der Waals surface area (Å²) in [7, 11) is 0. The van der Waals surface area contributed by atoms with Gasteiger partial charge in [-0.1, -0.05) is 31.2 Å². The molecule has 0 saturated carbocycles. The summed E-state index contributed by atoms with van der Waals surface area (Å²) in [6.07, 6.45) is 0.874. The molecule has 2 aromatic carbocycles. The van der Waals surface area contributed by atoms with Crippen molar-refractivity contribution < 1.29 is 14.0 Å². The van der Waals surface area contributed by atoms with Crippen molar-refractivity contribution in [3.05, 3.63) is 65.5 Å². The minimum atomic E-state index is -0.281. The first-order chi connectivity index (χ1) is 12.5. The van der Waals surface area contributed by atoms with Crippen LogP contribution < -0.4 is 16.4 Å². The summed E-state index contributed by atoms with van der Waals surface area (Å²) >= 11 is 0. The molecule has 146 valence electrons. The molecule has 0 aliphatic heterocycles. The molecule has 27 heavy (non-hydrogen) atoms. The van der Waals surface area contributed by atoms with Crippen molar-refractivity contribution in [1.82, 2.24) is 5.32 Å². The highest BCUT2D eigenvalue weighted by Crippen LogP contribution is 2.18. The van der Waals surface area contributed by atoms with Gasteiger partial charge < -0.3 is 16.4 Å². The monoisotopic (exact) mass is 393 g/mol. The number of hydrogen-bond acceptors (Lipinski definition) is 3. The van der Waals surface area contributed by atoms with E-state index in [1.807, 2.05) is 13.0 Å². The topological polar surface area (TPSA) is 84.2 Å². The second-order valence-corrected chi connectivity index (χ2v) is 6.28. The average Bonchev–Trinajstić information content (AvgIpc) is 2.59. The highest BCUT2D eigenvalue weighted by Gasteiger charge is 2.15. The maximum absolute atomic E-state index is 13.3. The van der Waals surface area contributed by atoms with E-state index in [0.717, 1.165) is 5.56 Å². The summed E-state index contributed by atoms with van der Waals surface area (Å²) in [5.41, 5.74) is 7.11. The molecule has 2 aromatic rings. The summed E-state index contributed by atoms with van der Waals surface area (Å²) in [6.45, 7) is 2.65. The Hall–Kier alpha value is -2.44. The van der Waals surface area contributed by atoms with Crippen molar-refractivity contribution in [3.63, 3.8) is 0 Å². The molecule has 0 fully saturated rings. The molecule has 0 spiro atoms. The van der Waals surface area contributed by atoms with Crippen LogP contribution in [0.4, 0.5) is 10.1 Å². The van der Waals surface area contributed by atoms with Crippen molar-refractivity contribution in [2.45, 2.75) is 19.8 Å². The molecule has 0 saturated heterocycles. The summed E-state index contributed by atoms with van der Waals surface area (Å²) in [4.78, 5) is 24.5. The van der Waals surface area contributed by atoms with Crippen molar-refractivity contribution in [2.24, 2.45) is 11.7 Å². The summed E-state index contributed by atoms with van der Waals surface area (Å²) < 4.78 is 13.3. The van der Waals surface area contributed by atoms with Crippen molar-refractivity contribution in [2.75, 3.05) is 18.4 Å². The molecule has 1 unspecified atom stereocenters. The Morgan fingerprint density at radius 2 is 1.89 bits per heavy atom. The van der Waals surface area contributed by atoms with Crippen LogP contribution in [0.5, 0.6) is 0 Å². The van der Waals surface area contributed by atoms with Crippen molar-refractivity contribution in [3.8, 4) is 0 Å². The van der Waals surface area contributed by atoms with Gasteiger partial charge in [-0.05, 0) is 42.2 Å². The molecule has 0 aliphatic carbocycles. The largest absolute Gasteiger partial charge is 0.351 e. The normalized spacial score (nSPS) is 11.2. The van der Waals surface area contributed by atoms with Gasteiger partial charge in [0.05, 0.1) is 11.3 Å². The van der Waals surface area contributed by atoms with E-state index in [1.54, 1.807) is 30.3 Å². The minimum Gasteiger partial charge on any atom is -0.351 e. The fraction of sp³-hybridized carbons (Fsp3) is 0.300. The van der Waals surface area contributed by atoms with Crippen molar-refractivity contribution in [1.29, 1.82) is 0 Å². The number of hydrogen-bond donors (Lipinski definition) is 3. The van der Waals surface area contributed by atoms with Gasteiger partial charge in [-0.3, -0.25) is 9.59 Å². The van der Waals surface area contributed by atoms with E-state index in [-0.39, 0.29) is 42.4 Å². The maximum Gasteiger partial charge on any atom is 0.253 e. The smallest absolute Gasteiger partial charge is 0.253 e. The quantitative estimate of drug-likeness (QED) is 0.644. The highest BCUT2D eigenvalue weighted by atomic mass is 35.5. The zero-order valence-corrected chi connectivity index (χ0v) is 16.0. The number of benzene rings is 2. The Balaban J connectivity index is 0.00000364.